The molecule has 0 spiro atoms. The maximum atomic E-state index is 14.0. The lowest BCUT2D eigenvalue weighted by molar-refractivity contribution is -0.137. The van der Waals surface area contributed by atoms with Gasteiger partial charge < -0.3 is 4.74 Å². The van der Waals surface area contributed by atoms with Crippen LogP contribution in [0.4, 0.5) is 13.2 Å². The number of aromatic nitrogens is 1. The number of pyridine rings is 1. The van der Waals surface area contributed by atoms with Crippen LogP contribution in [0.1, 0.15) is 122 Å². The van der Waals surface area contributed by atoms with Crippen LogP contribution < -0.4 is 0 Å². The topological polar surface area (TPSA) is 39.2 Å². The van der Waals surface area contributed by atoms with Gasteiger partial charge in [-0.25, -0.2) is 0 Å². The largest absolute Gasteiger partial charge is 0.416 e. The average Bonchev–Trinajstić information content (AvgIpc) is 3.30. The molecule has 0 unspecified atom stereocenters. The van der Waals surface area contributed by atoms with E-state index >= 15 is 0 Å². The van der Waals surface area contributed by atoms with E-state index in [1.165, 1.54) is 12.1 Å². The van der Waals surface area contributed by atoms with Crippen molar-refractivity contribution < 1.29 is 22.7 Å². The number of ketones is 1. The number of ether oxygens (including phenoxy) is 1. The summed E-state index contributed by atoms with van der Waals surface area (Å²) in [5.41, 5.74) is 3.97. The number of halogens is 3. The molecule has 6 heteroatoms. The number of carbonyl (C=O) groups excluding carboxylic acids is 1. The van der Waals surface area contributed by atoms with Gasteiger partial charge in [-0.3, -0.25) is 9.78 Å². The molecule has 1 aromatic carbocycles. The normalized spacial score (nSPS) is 20.6. The molecule has 1 saturated carbocycles. The van der Waals surface area contributed by atoms with Gasteiger partial charge in [0.05, 0.1) is 17.4 Å². The maximum absolute atomic E-state index is 14.0. The van der Waals surface area contributed by atoms with Crippen LogP contribution in [-0.2, 0) is 17.3 Å². The van der Waals surface area contributed by atoms with Gasteiger partial charge >= 0.3 is 6.18 Å². The molecule has 1 heterocycles. The minimum atomic E-state index is -4.44. The molecule has 2 aromatic rings. The second-order valence-electron chi connectivity index (χ2n) is 11.0. The summed E-state index contributed by atoms with van der Waals surface area (Å²) in [4.78, 5) is 19.0. The number of hydrogen-bond donors (Lipinski definition) is 0. The predicted octanol–water partition coefficient (Wildman–Crippen LogP) is 7.77. The third kappa shape index (κ3) is 4.66. The number of benzene rings is 1. The molecular weight excluding hydrogens is 439 g/mol. The monoisotopic (exact) mass is 473 g/mol. The summed E-state index contributed by atoms with van der Waals surface area (Å²) in [5, 5.41) is 0. The summed E-state index contributed by atoms with van der Waals surface area (Å²) in [6.45, 7) is 8.49. The van der Waals surface area contributed by atoms with Gasteiger partial charge in [-0.15, -0.1) is 0 Å². The zero-order valence-electron chi connectivity index (χ0n) is 20.7. The van der Waals surface area contributed by atoms with Crippen molar-refractivity contribution in [2.45, 2.75) is 90.3 Å². The van der Waals surface area contributed by atoms with E-state index in [2.05, 4.69) is 13.8 Å². The highest BCUT2D eigenvalue weighted by Gasteiger charge is 2.40. The van der Waals surface area contributed by atoms with Crippen molar-refractivity contribution in [3.63, 3.8) is 0 Å². The Hall–Kier alpha value is -2.21. The molecule has 1 aromatic heterocycles. The van der Waals surface area contributed by atoms with Gasteiger partial charge in [-0.1, -0.05) is 52.7 Å². The van der Waals surface area contributed by atoms with Crippen molar-refractivity contribution in [1.29, 1.82) is 0 Å². The number of fused-ring (bicyclic) bond motifs is 1. The van der Waals surface area contributed by atoms with Crippen LogP contribution >= 0.6 is 0 Å². The molecule has 0 aliphatic heterocycles. The van der Waals surface area contributed by atoms with Gasteiger partial charge in [-0.2, -0.15) is 13.2 Å². The molecule has 0 amide bonds. The number of methoxy groups -OCH3 is 1. The molecule has 184 valence electrons. The van der Waals surface area contributed by atoms with E-state index in [9.17, 15) is 18.0 Å². The molecule has 1 fully saturated rings. The Morgan fingerprint density at radius 1 is 1.09 bits per heavy atom. The number of rotatable bonds is 5. The SMILES string of the molecule is CO[C@H]1CC(C)(C)Cc2nc(C(C)C)c(C(=O)c3ccc(C(F)(F)F)cc3)c(C3CCCC3)c21. The van der Waals surface area contributed by atoms with Crippen LogP contribution in [0, 0.1) is 5.41 Å². The molecule has 34 heavy (non-hydrogen) atoms. The molecule has 0 saturated heterocycles. The van der Waals surface area contributed by atoms with E-state index < -0.39 is 11.7 Å². The van der Waals surface area contributed by atoms with Crippen molar-refractivity contribution in [2.24, 2.45) is 5.41 Å². The fraction of sp³-hybridized carbons (Fsp3) is 0.571. The lowest BCUT2D eigenvalue weighted by atomic mass is 9.70. The highest BCUT2D eigenvalue weighted by Crippen LogP contribution is 2.49. The zero-order chi connectivity index (χ0) is 24.8. The summed E-state index contributed by atoms with van der Waals surface area (Å²) in [6, 6.07) is 4.57. The van der Waals surface area contributed by atoms with Gasteiger partial charge in [0.15, 0.2) is 5.78 Å². The van der Waals surface area contributed by atoms with Crippen molar-refractivity contribution in [2.75, 3.05) is 7.11 Å². The van der Waals surface area contributed by atoms with Crippen LogP contribution in [0.15, 0.2) is 24.3 Å². The summed E-state index contributed by atoms with van der Waals surface area (Å²) >= 11 is 0. The fourth-order valence-corrected chi connectivity index (χ4v) is 5.76. The third-order valence-corrected chi connectivity index (χ3v) is 7.38. The van der Waals surface area contributed by atoms with Crippen molar-refractivity contribution in [3.05, 3.63) is 63.5 Å². The summed E-state index contributed by atoms with van der Waals surface area (Å²) in [6.07, 6.45) is 1.28. The average molecular weight is 474 g/mol. The minimum absolute atomic E-state index is 0.00452. The lowest BCUT2D eigenvalue weighted by Crippen LogP contribution is -2.31. The molecule has 0 bridgehead atoms. The van der Waals surface area contributed by atoms with E-state index in [1.54, 1.807) is 7.11 Å². The highest BCUT2D eigenvalue weighted by molar-refractivity contribution is 6.11. The Balaban J connectivity index is 1.95. The third-order valence-electron chi connectivity index (χ3n) is 7.38. The molecule has 2 aliphatic rings. The first kappa shape index (κ1) is 24.9. The van der Waals surface area contributed by atoms with E-state index in [1.807, 2.05) is 13.8 Å². The summed E-state index contributed by atoms with van der Waals surface area (Å²) in [5.74, 6) is 0.000655. The van der Waals surface area contributed by atoms with Crippen molar-refractivity contribution >= 4 is 5.78 Å². The van der Waals surface area contributed by atoms with Gasteiger partial charge in [0.2, 0.25) is 0 Å². The maximum Gasteiger partial charge on any atom is 0.416 e. The number of nitrogens with zero attached hydrogens (tertiary/aromatic N) is 1. The van der Waals surface area contributed by atoms with Crippen LogP contribution in [0.3, 0.4) is 0 Å². The minimum Gasteiger partial charge on any atom is -0.377 e. The lowest BCUT2D eigenvalue weighted by Gasteiger charge is -2.39. The molecule has 4 rings (SSSR count). The van der Waals surface area contributed by atoms with Crippen molar-refractivity contribution in [1.82, 2.24) is 4.98 Å². The predicted molar refractivity (Wildman–Crippen MR) is 126 cm³/mol. The number of carbonyl (C=O) groups is 1. The van der Waals surface area contributed by atoms with Crippen LogP contribution in [0.25, 0.3) is 0 Å². The summed E-state index contributed by atoms with van der Waals surface area (Å²) < 4.78 is 45.3. The number of alkyl halides is 3. The fourth-order valence-electron chi connectivity index (χ4n) is 5.76. The molecule has 0 radical (unpaired) electrons. The Kier molecular flexibility index (Phi) is 6.67. The van der Waals surface area contributed by atoms with E-state index in [0.717, 1.165) is 73.2 Å². The Labute approximate surface area is 200 Å². The van der Waals surface area contributed by atoms with E-state index in [4.69, 9.17) is 9.72 Å². The van der Waals surface area contributed by atoms with Gasteiger partial charge in [0, 0.05) is 29.5 Å². The van der Waals surface area contributed by atoms with E-state index in [0.29, 0.717) is 5.56 Å². The highest BCUT2D eigenvalue weighted by atomic mass is 19.4. The smallest absolute Gasteiger partial charge is 0.377 e. The van der Waals surface area contributed by atoms with Crippen LogP contribution in [0.2, 0.25) is 0 Å². The molecule has 1 atom stereocenters. The second kappa shape index (κ2) is 9.10. The zero-order valence-corrected chi connectivity index (χ0v) is 20.7. The molecule has 2 aliphatic carbocycles. The Morgan fingerprint density at radius 3 is 2.24 bits per heavy atom. The van der Waals surface area contributed by atoms with E-state index in [-0.39, 0.29) is 34.7 Å². The molecule has 0 N–H and O–H groups in total. The first-order chi connectivity index (χ1) is 15.9. The second-order valence-corrected chi connectivity index (χ2v) is 11.0. The first-order valence-electron chi connectivity index (χ1n) is 12.2. The van der Waals surface area contributed by atoms with Gasteiger partial charge in [-0.05, 0) is 60.6 Å². The van der Waals surface area contributed by atoms with Gasteiger partial charge in [0.1, 0.15) is 0 Å². The van der Waals surface area contributed by atoms with Crippen molar-refractivity contribution in [3.8, 4) is 0 Å². The van der Waals surface area contributed by atoms with Gasteiger partial charge in [0.25, 0.3) is 0 Å². The molecular formula is C28H34F3NO2. The first-order valence-corrected chi connectivity index (χ1v) is 12.2. The molecule has 3 nitrogen and oxygen atoms in total. The van der Waals surface area contributed by atoms with Crippen LogP contribution in [0.5, 0.6) is 0 Å². The Morgan fingerprint density at radius 2 is 1.71 bits per heavy atom. The van der Waals surface area contributed by atoms with Crippen LogP contribution in [-0.4, -0.2) is 17.9 Å². The standard InChI is InChI=1S/C28H34F3NO2/c1-16(2)25-24(26(33)18-10-12-19(13-11-18)28(29,30)31)22(17-8-6-7-9-17)23-20(32-25)14-27(3,4)15-21(23)34-5/h10-13,16-17,21H,6-9,14-15H2,1-5H3/t21-/m0/s1. The number of hydrogen-bond acceptors (Lipinski definition) is 3. The quantitative estimate of drug-likeness (QED) is 0.416. The Bertz CT molecular complexity index is 1060. The summed E-state index contributed by atoms with van der Waals surface area (Å²) in [7, 11) is 1.71.